The van der Waals surface area contributed by atoms with Crippen molar-refractivity contribution in [3.8, 4) is 28.7 Å². The molecule has 11 heteroatoms. The number of aromatic nitrogens is 3. The van der Waals surface area contributed by atoms with Crippen LogP contribution in [0.4, 0.5) is 0 Å². The molecule has 212 valence electrons. The number of thioether (sulfide) groups is 1. The van der Waals surface area contributed by atoms with Gasteiger partial charge in [0, 0.05) is 23.5 Å². The van der Waals surface area contributed by atoms with E-state index < -0.39 is 0 Å². The Morgan fingerprint density at radius 3 is 2.32 bits per heavy atom. The fourth-order valence-electron chi connectivity index (χ4n) is 4.59. The highest BCUT2D eigenvalue weighted by atomic mass is 32.2. The normalized spacial score (nSPS) is 11.0. The van der Waals surface area contributed by atoms with Crippen molar-refractivity contribution in [2.24, 2.45) is 0 Å². The Kier molecular flexibility index (Phi) is 8.34. The number of aromatic amines is 1. The average Bonchev–Trinajstić information content (AvgIpc) is 3.38. The minimum atomic E-state index is -0.283. The zero-order valence-electron chi connectivity index (χ0n) is 23.1. The largest absolute Gasteiger partial charge is 0.493 e. The van der Waals surface area contributed by atoms with Crippen LogP contribution in [-0.2, 0) is 11.2 Å². The quantitative estimate of drug-likeness (QED) is 0.177. The van der Waals surface area contributed by atoms with Crippen LogP contribution in [0.3, 0.4) is 0 Å². The molecule has 0 fully saturated rings. The second kappa shape index (κ2) is 12.3. The number of benzene rings is 3. The smallest absolute Gasteiger partial charge is 0.283 e. The number of fused-ring (bicyclic) bond motifs is 3. The number of H-pyrrole nitrogens is 1. The van der Waals surface area contributed by atoms with Gasteiger partial charge in [0.1, 0.15) is 11.0 Å². The van der Waals surface area contributed by atoms with Crippen LogP contribution in [0.25, 0.3) is 27.6 Å². The predicted molar refractivity (Wildman–Crippen MR) is 159 cm³/mol. The van der Waals surface area contributed by atoms with Gasteiger partial charge < -0.3 is 29.2 Å². The molecule has 5 rings (SSSR count). The van der Waals surface area contributed by atoms with E-state index in [0.717, 1.165) is 16.5 Å². The molecule has 2 N–H and O–H groups in total. The van der Waals surface area contributed by atoms with Gasteiger partial charge in [-0.3, -0.25) is 14.2 Å². The maximum absolute atomic E-state index is 13.8. The summed E-state index contributed by atoms with van der Waals surface area (Å²) in [4.78, 5) is 34.7. The minimum Gasteiger partial charge on any atom is -0.493 e. The Morgan fingerprint density at radius 2 is 1.59 bits per heavy atom. The van der Waals surface area contributed by atoms with Gasteiger partial charge in [0.15, 0.2) is 28.2 Å². The molecule has 0 aliphatic carbocycles. The number of hydrogen-bond donors (Lipinski definition) is 2. The van der Waals surface area contributed by atoms with Crippen LogP contribution in [0, 0.1) is 0 Å². The lowest BCUT2D eigenvalue weighted by Gasteiger charge is -2.14. The van der Waals surface area contributed by atoms with Crippen molar-refractivity contribution >= 4 is 39.6 Å². The standard InChI is InChI=1S/C30H30N4O6S/c1-37-22-11-9-18(15-24(22)39-3)13-14-31-26(35)17-41-30-33-27-20-7-5-6-8-21(20)32-28(27)29(36)34(30)19-10-12-23(38-2)25(16-19)40-4/h5-12,15-16,32H,13-14,17H2,1-4H3,(H,31,35). The van der Waals surface area contributed by atoms with Crippen molar-refractivity contribution in [3.05, 3.63) is 76.6 Å². The molecule has 1 amide bonds. The SMILES string of the molecule is COc1ccc(CCNC(=O)CSc2nc3c([nH]c4ccccc43)c(=O)n2-c2ccc(OC)c(OC)c2)cc1OC. The summed E-state index contributed by atoms with van der Waals surface area (Å²) in [6.45, 7) is 0.437. The van der Waals surface area contributed by atoms with E-state index in [2.05, 4.69) is 10.3 Å². The van der Waals surface area contributed by atoms with Crippen molar-refractivity contribution < 1.29 is 23.7 Å². The maximum atomic E-state index is 13.8. The number of amides is 1. The zero-order valence-corrected chi connectivity index (χ0v) is 24.0. The van der Waals surface area contributed by atoms with E-state index in [1.807, 2.05) is 42.5 Å². The Bertz CT molecular complexity index is 1780. The van der Waals surface area contributed by atoms with E-state index in [-0.39, 0.29) is 17.2 Å². The van der Waals surface area contributed by atoms with Crippen LogP contribution in [0.2, 0.25) is 0 Å². The number of ether oxygens (including phenoxy) is 4. The number of nitrogens with one attached hydrogen (secondary N) is 2. The maximum Gasteiger partial charge on any atom is 0.283 e. The molecule has 0 aliphatic rings. The molecule has 3 aromatic carbocycles. The number of nitrogens with zero attached hydrogens (tertiary/aromatic N) is 2. The van der Waals surface area contributed by atoms with Crippen molar-refractivity contribution in [2.75, 3.05) is 40.7 Å². The fraction of sp³-hybridized carbons (Fsp3) is 0.233. The summed E-state index contributed by atoms with van der Waals surface area (Å²) in [6, 6.07) is 18.5. The highest BCUT2D eigenvalue weighted by molar-refractivity contribution is 7.99. The summed E-state index contributed by atoms with van der Waals surface area (Å²) >= 11 is 1.19. The molecule has 2 heterocycles. The molecule has 2 aromatic heterocycles. The number of carbonyl (C=O) groups excluding carboxylic acids is 1. The van der Waals surface area contributed by atoms with Crippen LogP contribution in [0.1, 0.15) is 5.56 Å². The third-order valence-corrected chi connectivity index (χ3v) is 7.57. The van der Waals surface area contributed by atoms with Crippen LogP contribution in [-0.4, -0.2) is 61.2 Å². The van der Waals surface area contributed by atoms with Gasteiger partial charge in [0.2, 0.25) is 5.91 Å². The molecule has 0 spiro atoms. The van der Waals surface area contributed by atoms with E-state index in [1.54, 1.807) is 39.5 Å². The first-order valence-electron chi connectivity index (χ1n) is 12.8. The third kappa shape index (κ3) is 5.66. The lowest BCUT2D eigenvalue weighted by molar-refractivity contribution is -0.118. The molecule has 41 heavy (non-hydrogen) atoms. The highest BCUT2D eigenvalue weighted by Gasteiger charge is 2.19. The molecule has 0 aliphatic heterocycles. The number of rotatable bonds is 11. The molecule has 10 nitrogen and oxygen atoms in total. The Labute approximate surface area is 240 Å². The van der Waals surface area contributed by atoms with Gasteiger partial charge in [-0.05, 0) is 42.3 Å². The first kappa shape index (κ1) is 27.9. The minimum absolute atomic E-state index is 0.0690. The second-order valence-electron chi connectivity index (χ2n) is 9.05. The van der Waals surface area contributed by atoms with Crippen molar-refractivity contribution in [1.82, 2.24) is 19.9 Å². The third-order valence-electron chi connectivity index (χ3n) is 6.64. The highest BCUT2D eigenvalue weighted by Crippen LogP contribution is 2.32. The number of methoxy groups -OCH3 is 4. The monoisotopic (exact) mass is 574 g/mol. The first-order chi connectivity index (χ1) is 20.0. The molecule has 0 bridgehead atoms. The fourth-order valence-corrected chi connectivity index (χ4v) is 5.43. The van der Waals surface area contributed by atoms with E-state index in [4.69, 9.17) is 23.9 Å². The van der Waals surface area contributed by atoms with Crippen LogP contribution in [0.15, 0.2) is 70.6 Å². The Balaban J connectivity index is 1.41. The molecule has 5 aromatic rings. The molecule has 0 atom stereocenters. The molecule has 0 saturated heterocycles. The van der Waals surface area contributed by atoms with Crippen LogP contribution < -0.4 is 29.8 Å². The summed E-state index contributed by atoms with van der Waals surface area (Å²) < 4.78 is 23.0. The van der Waals surface area contributed by atoms with Gasteiger partial charge in [-0.25, -0.2) is 4.98 Å². The summed E-state index contributed by atoms with van der Waals surface area (Å²) in [5, 5.41) is 4.16. The lowest BCUT2D eigenvalue weighted by atomic mass is 10.1. The van der Waals surface area contributed by atoms with E-state index in [9.17, 15) is 9.59 Å². The van der Waals surface area contributed by atoms with Gasteiger partial charge in [-0.2, -0.15) is 0 Å². The van der Waals surface area contributed by atoms with E-state index in [0.29, 0.717) is 57.8 Å². The van der Waals surface area contributed by atoms with Crippen LogP contribution >= 0.6 is 11.8 Å². The molecule has 0 saturated carbocycles. The van der Waals surface area contributed by atoms with Gasteiger partial charge in [0.05, 0.1) is 39.9 Å². The molecular weight excluding hydrogens is 544 g/mol. The average molecular weight is 575 g/mol. The summed E-state index contributed by atoms with van der Waals surface area (Å²) in [5.74, 6) is 2.18. The summed E-state index contributed by atoms with van der Waals surface area (Å²) in [6.07, 6.45) is 0.618. The van der Waals surface area contributed by atoms with Gasteiger partial charge >= 0.3 is 0 Å². The van der Waals surface area contributed by atoms with Gasteiger partial charge in [-0.15, -0.1) is 0 Å². The lowest BCUT2D eigenvalue weighted by Crippen LogP contribution is -2.28. The summed E-state index contributed by atoms with van der Waals surface area (Å²) in [7, 11) is 6.26. The number of hydrogen-bond acceptors (Lipinski definition) is 8. The number of carbonyl (C=O) groups is 1. The van der Waals surface area contributed by atoms with Crippen LogP contribution in [0.5, 0.6) is 23.0 Å². The predicted octanol–water partition coefficient (Wildman–Crippen LogP) is 4.35. The van der Waals surface area contributed by atoms with Crippen molar-refractivity contribution in [1.29, 1.82) is 0 Å². The van der Waals surface area contributed by atoms with Crippen molar-refractivity contribution in [2.45, 2.75) is 11.6 Å². The van der Waals surface area contributed by atoms with Crippen molar-refractivity contribution in [3.63, 3.8) is 0 Å². The van der Waals surface area contributed by atoms with E-state index >= 15 is 0 Å². The molecule has 0 unspecified atom stereocenters. The second-order valence-corrected chi connectivity index (χ2v) is 9.99. The zero-order chi connectivity index (χ0) is 28.9. The first-order valence-corrected chi connectivity index (χ1v) is 13.8. The molecule has 0 radical (unpaired) electrons. The molecular formula is C30H30N4O6S. The topological polar surface area (TPSA) is 117 Å². The summed E-state index contributed by atoms with van der Waals surface area (Å²) in [5.41, 5.74) is 3.00. The Morgan fingerprint density at radius 1 is 0.902 bits per heavy atom. The van der Waals surface area contributed by atoms with Gasteiger partial charge in [0.25, 0.3) is 5.56 Å². The Hall–Kier alpha value is -4.64. The van der Waals surface area contributed by atoms with Gasteiger partial charge in [-0.1, -0.05) is 36.0 Å². The van der Waals surface area contributed by atoms with E-state index in [1.165, 1.54) is 23.4 Å². The number of para-hydroxylation sites is 1.